The third kappa shape index (κ3) is 4.24. The second kappa shape index (κ2) is 7.46. The summed E-state index contributed by atoms with van der Waals surface area (Å²) in [5, 5.41) is 2.78. The average Bonchev–Trinajstić information content (AvgIpc) is 3.22. The molecule has 3 rings (SSSR count). The van der Waals surface area contributed by atoms with Gasteiger partial charge < -0.3 is 10.1 Å². The molecule has 4 amide bonds. The molecule has 0 aromatic carbocycles. The number of urea groups is 2. The van der Waals surface area contributed by atoms with Crippen LogP contribution in [0.15, 0.2) is 0 Å². The van der Waals surface area contributed by atoms with Gasteiger partial charge in [-0.15, -0.1) is 0 Å². The molecule has 3 aliphatic heterocycles. The molecule has 0 aromatic rings. The van der Waals surface area contributed by atoms with Crippen molar-refractivity contribution in [1.82, 2.24) is 19.4 Å². The zero-order valence-electron chi connectivity index (χ0n) is 14.5. The van der Waals surface area contributed by atoms with Crippen molar-refractivity contribution >= 4 is 22.1 Å². The van der Waals surface area contributed by atoms with Crippen LogP contribution in [0.1, 0.15) is 19.3 Å². The van der Waals surface area contributed by atoms with E-state index in [4.69, 9.17) is 4.74 Å². The molecule has 3 saturated heterocycles. The van der Waals surface area contributed by atoms with Gasteiger partial charge in [0.05, 0.1) is 26.0 Å². The predicted octanol–water partition coefficient (Wildman–Crippen LogP) is -0.106. The molecule has 9 nitrogen and oxygen atoms in total. The number of hydrogen-bond acceptors (Lipinski definition) is 6. The smallest absolute Gasteiger partial charge is 0.341 e. The van der Waals surface area contributed by atoms with Gasteiger partial charge in [0.2, 0.25) is 10.0 Å². The number of ether oxygens (including phenoxy) is 1. The van der Waals surface area contributed by atoms with E-state index >= 15 is 0 Å². The summed E-state index contributed by atoms with van der Waals surface area (Å²) >= 11 is 0. The molecular weight excluding hydrogens is 348 g/mol. The first kappa shape index (κ1) is 18.4. The lowest BCUT2D eigenvalue weighted by Crippen LogP contribution is -2.47. The maximum absolute atomic E-state index is 12.2. The normalized spacial score (nSPS) is 26.4. The van der Waals surface area contributed by atoms with Gasteiger partial charge in [0.15, 0.2) is 0 Å². The van der Waals surface area contributed by atoms with E-state index in [1.165, 1.54) is 0 Å². The van der Waals surface area contributed by atoms with E-state index in [0.717, 1.165) is 61.0 Å². The fourth-order valence-electron chi connectivity index (χ4n) is 3.67. The highest BCUT2D eigenvalue weighted by molar-refractivity contribution is 7.88. The second-order valence-electron chi connectivity index (χ2n) is 6.95. The maximum Gasteiger partial charge on any atom is 0.341 e. The minimum atomic E-state index is -3.62. The summed E-state index contributed by atoms with van der Waals surface area (Å²) < 4.78 is 29.1. The quantitative estimate of drug-likeness (QED) is 0.737. The summed E-state index contributed by atoms with van der Waals surface area (Å²) in [7, 11) is -3.62. The van der Waals surface area contributed by atoms with Gasteiger partial charge in [0, 0.05) is 19.2 Å². The Hall–Kier alpha value is -1.39. The molecule has 0 bridgehead atoms. The molecule has 10 heteroatoms. The summed E-state index contributed by atoms with van der Waals surface area (Å²) in [5.74, 6) is 0.381. The monoisotopic (exact) mass is 374 g/mol. The third-order valence-corrected chi connectivity index (χ3v) is 6.37. The topological polar surface area (TPSA) is 99.3 Å². The highest BCUT2D eigenvalue weighted by Gasteiger charge is 2.38. The van der Waals surface area contributed by atoms with Gasteiger partial charge in [-0.25, -0.2) is 27.2 Å². The molecule has 0 unspecified atom stereocenters. The van der Waals surface area contributed by atoms with Crippen molar-refractivity contribution in [3.8, 4) is 0 Å². The van der Waals surface area contributed by atoms with E-state index in [2.05, 4.69) is 10.2 Å². The summed E-state index contributed by atoms with van der Waals surface area (Å²) in [6.45, 7) is 4.28. The third-order valence-electron chi connectivity index (χ3n) is 5.23. The van der Waals surface area contributed by atoms with Crippen molar-refractivity contribution in [2.75, 3.05) is 52.2 Å². The fourth-order valence-corrected chi connectivity index (χ4v) is 4.47. The van der Waals surface area contributed by atoms with E-state index in [-0.39, 0.29) is 13.1 Å². The first-order valence-corrected chi connectivity index (χ1v) is 10.6. The van der Waals surface area contributed by atoms with E-state index in [1.54, 1.807) is 0 Å². The van der Waals surface area contributed by atoms with Gasteiger partial charge in [-0.1, -0.05) is 0 Å². The summed E-state index contributed by atoms with van der Waals surface area (Å²) in [4.78, 5) is 27.6. The minimum Gasteiger partial charge on any atom is -0.380 e. The van der Waals surface area contributed by atoms with Crippen LogP contribution < -0.4 is 5.32 Å². The number of nitrogens with one attached hydrogen (secondary N) is 1. The second-order valence-corrected chi connectivity index (χ2v) is 8.86. The molecule has 1 atom stereocenters. The highest BCUT2D eigenvalue weighted by Crippen LogP contribution is 2.22. The van der Waals surface area contributed by atoms with E-state index in [0.29, 0.717) is 18.5 Å². The lowest BCUT2D eigenvalue weighted by Gasteiger charge is -2.35. The van der Waals surface area contributed by atoms with Crippen molar-refractivity contribution in [3.63, 3.8) is 0 Å². The van der Waals surface area contributed by atoms with Crippen LogP contribution in [0.5, 0.6) is 0 Å². The van der Waals surface area contributed by atoms with Gasteiger partial charge in [0.1, 0.15) is 0 Å². The largest absolute Gasteiger partial charge is 0.380 e. The van der Waals surface area contributed by atoms with Crippen LogP contribution in [-0.2, 0) is 14.8 Å². The number of imide groups is 1. The first-order valence-electron chi connectivity index (χ1n) is 8.75. The van der Waals surface area contributed by atoms with Gasteiger partial charge >= 0.3 is 12.1 Å². The van der Waals surface area contributed by atoms with Crippen LogP contribution >= 0.6 is 0 Å². The van der Waals surface area contributed by atoms with Gasteiger partial charge in [-0.2, -0.15) is 0 Å². The average molecular weight is 374 g/mol. The Balaban J connectivity index is 1.42. The fraction of sp³-hybridized carbons (Fsp3) is 0.867. The Morgan fingerprint density at radius 2 is 1.92 bits per heavy atom. The summed E-state index contributed by atoms with van der Waals surface area (Å²) in [6, 6.07) is -0.751. The predicted molar refractivity (Wildman–Crippen MR) is 90.6 cm³/mol. The number of likely N-dealkylation sites (tertiary alicyclic amines) is 1. The number of carbonyl (C=O) groups is 2. The van der Waals surface area contributed by atoms with Crippen LogP contribution in [0, 0.1) is 5.92 Å². The Labute approximate surface area is 148 Å². The molecule has 0 aliphatic carbocycles. The number of nitrogens with zero attached hydrogens (tertiary/aromatic N) is 3. The van der Waals surface area contributed by atoms with Gasteiger partial charge in [-0.3, -0.25) is 4.90 Å². The zero-order valence-corrected chi connectivity index (χ0v) is 15.3. The van der Waals surface area contributed by atoms with Crippen LogP contribution in [0.3, 0.4) is 0 Å². The first-order chi connectivity index (χ1) is 11.9. The Bertz CT molecular complexity index is 611. The molecular formula is C15H26N4O5S. The van der Waals surface area contributed by atoms with Crippen LogP contribution in [0.25, 0.3) is 0 Å². The van der Waals surface area contributed by atoms with Gasteiger partial charge in [0.25, 0.3) is 0 Å². The van der Waals surface area contributed by atoms with Crippen molar-refractivity contribution in [2.45, 2.75) is 25.3 Å². The van der Waals surface area contributed by atoms with E-state index in [1.807, 2.05) is 0 Å². The molecule has 0 aromatic heterocycles. The van der Waals surface area contributed by atoms with Crippen molar-refractivity contribution in [3.05, 3.63) is 0 Å². The lowest BCUT2D eigenvalue weighted by molar-refractivity contribution is 0.109. The number of sulfonamides is 1. The number of rotatable bonds is 4. The number of piperidine rings is 1. The maximum atomic E-state index is 12.2. The number of amides is 4. The number of hydrogen-bond donors (Lipinski definition) is 1. The van der Waals surface area contributed by atoms with Crippen molar-refractivity contribution in [2.24, 2.45) is 5.92 Å². The van der Waals surface area contributed by atoms with Crippen LogP contribution in [0.4, 0.5) is 9.59 Å². The van der Waals surface area contributed by atoms with Crippen molar-refractivity contribution < 1.29 is 22.7 Å². The Morgan fingerprint density at radius 1 is 1.20 bits per heavy atom. The Kier molecular flexibility index (Phi) is 5.49. The lowest BCUT2D eigenvalue weighted by atomic mass is 9.95. The summed E-state index contributed by atoms with van der Waals surface area (Å²) in [6.07, 6.45) is 4.06. The molecule has 3 heterocycles. The number of carbonyl (C=O) groups excluding carboxylic acids is 2. The van der Waals surface area contributed by atoms with Gasteiger partial charge in [-0.05, 0) is 38.3 Å². The molecule has 142 valence electrons. The van der Waals surface area contributed by atoms with E-state index < -0.39 is 22.1 Å². The standard InChI is InChI=1S/C15H26N4O5S/c1-25(22,23)19-8-7-18(15(19)21)14(20)16-10-12-2-5-17(6-3-12)13-4-9-24-11-13/h12-13H,2-11H2,1H3,(H,16,20)/t13-/m0/s1. The summed E-state index contributed by atoms with van der Waals surface area (Å²) in [5.41, 5.74) is 0. The molecule has 25 heavy (non-hydrogen) atoms. The molecule has 0 saturated carbocycles. The Morgan fingerprint density at radius 3 is 2.48 bits per heavy atom. The molecule has 0 spiro atoms. The highest BCUT2D eigenvalue weighted by atomic mass is 32.2. The molecule has 1 N–H and O–H groups in total. The van der Waals surface area contributed by atoms with E-state index in [9.17, 15) is 18.0 Å². The van der Waals surface area contributed by atoms with Crippen LogP contribution in [-0.4, -0.2) is 92.8 Å². The van der Waals surface area contributed by atoms with Crippen molar-refractivity contribution in [1.29, 1.82) is 0 Å². The molecule has 0 radical (unpaired) electrons. The zero-order chi connectivity index (χ0) is 18.0. The SMILES string of the molecule is CS(=O)(=O)N1CCN(C(=O)NCC2CCN([C@H]3CCOC3)CC2)C1=O. The van der Waals surface area contributed by atoms with Crippen LogP contribution in [0.2, 0.25) is 0 Å². The minimum absolute atomic E-state index is 0.0208. The molecule has 3 fully saturated rings. The molecule has 3 aliphatic rings.